The van der Waals surface area contributed by atoms with Gasteiger partial charge in [0.25, 0.3) is 0 Å². The van der Waals surface area contributed by atoms with Crippen molar-refractivity contribution in [2.45, 2.75) is 25.0 Å². The van der Waals surface area contributed by atoms with Crippen LogP contribution < -0.4 is 0 Å². The first-order valence-electron chi connectivity index (χ1n) is 5.87. The summed E-state index contributed by atoms with van der Waals surface area (Å²) in [5.41, 5.74) is 0. The molecule has 2 saturated heterocycles. The van der Waals surface area contributed by atoms with Crippen molar-refractivity contribution in [3.63, 3.8) is 0 Å². The summed E-state index contributed by atoms with van der Waals surface area (Å²) >= 11 is 0. The van der Waals surface area contributed by atoms with Crippen molar-refractivity contribution in [3.8, 4) is 0 Å². The number of hydrogen-bond acceptors (Lipinski definition) is 5. The number of morpholine rings is 1. The van der Waals surface area contributed by atoms with Crippen molar-refractivity contribution in [2.75, 3.05) is 26.7 Å². The molecule has 0 spiro atoms. The number of ether oxygens (including phenoxy) is 1. The molecule has 2 heterocycles. The van der Waals surface area contributed by atoms with Crippen LogP contribution in [0.5, 0.6) is 0 Å². The van der Waals surface area contributed by atoms with Crippen LogP contribution in [-0.2, 0) is 19.1 Å². The zero-order chi connectivity index (χ0) is 13.3. The van der Waals surface area contributed by atoms with Gasteiger partial charge in [-0.3, -0.25) is 24.2 Å². The van der Waals surface area contributed by atoms with Gasteiger partial charge in [-0.25, -0.2) is 0 Å². The molecule has 0 aromatic carbocycles. The minimum absolute atomic E-state index is 0.0821. The van der Waals surface area contributed by atoms with Crippen LogP contribution in [0.3, 0.4) is 0 Å². The molecule has 0 saturated carbocycles. The maximum Gasteiger partial charge on any atom is 0.306 e. The van der Waals surface area contributed by atoms with E-state index in [9.17, 15) is 14.4 Å². The first-order chi connectivity index (χ1) is 8.49. The van der Waals surface area contributed by atoms with E-state index in [1.165, 1.54) is 7.05 Å². The highest BCUT2D eigenvalue weighted by atomic mass is 16.5. The van der Waals surface area contributed by atoms with Crippen LogP contribution in [0.25, 0.3) is 0 Å². The summed E-state index contributed by atoms with van der Waals surface area (Å²) in [5.74, 6) is -1.32. The van der Waals surface area contributed by atoms with E-state index in [0.717, 1.165) is 4.90 Å². The molecular weight excluding hydrogens is 240 g/mol. The molecule has 0 bridgehead atoms. The van der Waals surface area contributed by atoms with Crippen LogP contribution in [0.1, 0.15) is 12.8 Å². The number of carbonyl (C=O) groups is 3. The van der Waals surface area contributed by atoms with Gasteiger partial charge in [-0.05, 0) is 0 Å². The molecular formula is C11H16N2O5. The number of carboxylic acid groups (broad SMARTS) is 1. The van der Waals surface area contributed by atoms with E-state index in [-0.39, 0.29) is 24.7 Å². The number of nitrogens with zero attached hydrogens (tertiary/aromatic N) is 2. The molecule has 0 aromatic rings. The molecule has 2 atom stereocenters. The van der Waals surface area contributed by atoms with E-state index in [2.05, 4.69) is 0 Å². The van der Waals surface area contributed by atoms with Gasteiger partial charge in [0.1, 0.15) is 0 Å². The molecule has 0 aliphatic carbocycles. The van der Waals surface area contributed by atoms with E-state index in [1.54, 1.807) is 0 Å². The highest BCUT2D eigenvalue weighted by molar-refractivity contribution is 6.05. The molecule has 100 valence electrons. The molecule has 2 unspecified atom stereocenters. The topological polar surface area (TPSA) is 87.2 Å². The summed E-state index contributed by atoms with van der Waals surface area (Å²) in [5, 5.41) is 8.73. The van der Waals surface area contributed by atoms with Gasteiger partial charge in [0.15, 0.2) is 0 Å². The van der Waals surface area contributed by atoms with E-state index in [4.69, 9.17) is 9.84 Å². The molecule has 18 heavy (non-hydrogen) atoms. The largest absolute Gasteiger partial charge is 0.481 e. The molecule has 2 amide bonds. The number of carbonyl (C=O) groups excluding carboxylic acids is 2. The molecule has 2 aliphatic heterocycles. The van der Waals surface area contributed by atoms with E-state index < -0.39 is 18.1 Å². The molecule has 0 aromatic heterocycles. The average molecular weight is 256 g/mol. The Morgan fingerprint density at radius 3 is 2.78 bits per heavy atom. The second-order valence-corrected chi connectivity index (χ2v) is 4.60. The predicted octanol–water partition coefficient (Wildman–Crippen LogP) is -1.08. The predicted molar refractivity (Wildman–Crippen MR) is 59.7 cm³/mol. The third-order valence-electron chi connectivity index (χ3n) is 3.37. The normalized spacial score (nSPS) is 29.9. The van der Waals surface area contributed by atoms with Crippen molar-refractivity contribution in [1.29, 1.82) is 0 Å². The van der Waals surface area contributed by atoms with E-state index in [1.807, 2.05) is 4.90 Å². The highest BCUT2D eigenvalue weighted by Gasteiger charge is 2.41. The second-order valence-electron chi connectivity index (χ2n) is 4.60. The maximum atomic E-state index is 11.9. The Kier molecular flexibility index (Phi) is 3.63. The summed E-state index contributed by atoms with van der Waals surface area (Å²) in [4.78, 5) is 36.9. The molecule has 2 rings (SSSR count). The number of likely N-dealkylation sites (N-methyl/N-ethyl adjacent to an activating group) is 1. The fourth-order valence-electron chi connectivity index (χ4n) is 2.36. The Bertz CT molecular complexity index is 384. The number of carboxylic acids is 1. The van der Waals surface area contributed by atoms with Gasteiger partial charge in [-0.15, -0.1) is 0 Å². The zero-order valence-corrected chi connectivity index (χ0v) is 10.2. The quantitative estimate of drug-likeness (QED) is 0.646. The summed E-state index contributed by atoms with van der Waals surface area (Å²) in [6.45, 7) is 1.32. The minimum Gasteiger partial charge on any atom is -0.481 e. The number of rotatable bonds is 3. The van der Waals surface area contributed by atoms with Crippen molar-refractivity contribution < 1.29 is 24.2 Å². The van der Waals surface area contributed by atoms with Crippen LogP contribution in [0.4, 0.5) is 0 Å². The summed E-state index contributed by atoms with van der Waals surface area (Å²) in [6.07, 6.45) is -0.318. The monoisotopic (exact) mass is 256 g/mol. The van der Waals surface area contributed by atoms with Crippen LogP contribution in [-0.4, -0.2) is 71.6 Å². The van der Waals surface area contributed by atoms with E-state index >= 15 is 0 Å². The first-order valence-corrected chi connectivity index (χ1v) is 5.87. The molecule has 2 aliphatic rings. The summed E-state index contributed by atoms with van der Waals surface area (Å²) < 4.78 is 5.34. The SMILES string of the molecule is CN1C(=O)CC(N2CCOC(CC(=O)O)C2)C1=O. The van der Waals surface area contributed by atoms with E-state index in [0.29, 0.717) is 19.7 Å². The summed E-state index contributed by atoms with van der Waals surface area (Å²) in [6, 6.07) is -0.456. The minimum atomic E-state index is -0.923. The number of imide groups is 1. The Labute approximate surface area is 104 Å². The molecule has 2 fully saturated rings. The van der Waals surface area contributed by atoms with Gasteiger partial charge in [0, 0.05) is 20.1 Å². The first kappa shape index (κ1) is 13.0. The standard InChI is InChI=1S/C11H16N2O5/c1-12-9(14)5-8(11(12)17)13-2-3-18-7(6-13)4-10(15)16/h7-8H,2-6H2,1H3,(H,15,16). The lowest BCUT2D eigenvalue weighted by Crippen LogP contribution is -2.50. The Balaban J connectivity index is 1.99. The molecule has 7 heteroatoms. The smallest absolute Gasteiger partial charge is 0.306 e. The fourth-order valence-corrected chi connectivity index (χ4v) is 2.36. The maximum absolute atomic E-state index is 11.9. The van der Waals surface area contributed by atoms with Crippen LogP contribution >= 0.6 is 0 Å². The van der Waals surface area contributed by atoms with Crippen molar-refractivity contribution in [2.24, 2.45) is 0 Å². The van der Waals surface area contributed by atoms with Crippen molar-refractivity contribution >= 4 is 17.8 Å². The summed E-state index contributed by atoms with van der Waals surface area (Å²) in [7, 11) is 1.47. The molecule has 0 radical (unpaired) electrons. The van der Waals surface area contributed by atoms with Gasteiger partial charge in [-0.1, -0.05) is 0 Å². The lowest BCUT2D eigenvalue weighted by Gasteiger charge is -2.34. The van der Waals surface area contributed by atoms with Gasteiger partial charge in [-0.2, -0.15) is 0 Å². The number of likely N-dealkylation sites (tertiary alicyclic amines) is 1. The van der Waals surface area contributed by atoms with Gasteiger partial charge >= 0.3 is 5.97 Å². The van der Waals surface area contributed by atoms with Crippen molar-refractivity contribution in [1.82, 2.24) is 9.80 Å². The van der Waals surface area contributed by atoms with Crippen LogP contribution in [0.2, 0.25) is 0 Å². The van der Waals surface area contributed by atoms with Gasteiger partial charge < -0.3 is 9.84 Å². The highest BCUT2D eigenvalue weighted by Crippen LogP contribution is 2.20. The second kappa shape index (κ2) is 5.03. The third kappa shape index (κ3) is 2.51. The average Bonchev–Trinajstić information content (AvgIpc) is 2.56. The van der Waals surface area contributed by atoms with Gasteiger partial charge in [0.05, 0.1) is 31.6 Å². The fraction of sp³-hybridized carbons (Fsp3) is 0.727. The molecule has 1 N–H and O–H groups in total. The zero-order valence-electron chi connectivity index (χ0n) is 10.2. The van der Waals surface area contributed by atoms with Gasteiger partial charge in [0.2, 0.25) is 11.8 Å². The molecule has 7 nitrogen and oxygen atoms in total. The lowest BCUT2D eigenvalue weighted by atomic mass is 10.1. The Morgan fingerprint density at radius 2 is 2.22 bits per heavy atom. The lowest BCUT2D eigenvalue weighted by molar-refractivity contribution is -0.143. The Hall–Kier alpha value is -1.47. The third-order valence-corrected chi connectivity index (χ3v) is 3.37. The number of aliphatic carboxylic acids is 1. The van der Waals surface area contributed by atoms with Crippen LogP contribution in [0.15, 0.2) is 0 Å². The number of amides is 2. The Morgan fingerprint density at radius 1 is 1.50 bits per heavy atom. The van der Waals surface area contributed by atoms with Crippen LogP contribution in [0, 0.1) is 0 Å². The number of hydrogen-bond donors (Lipinski definition) is 1. The van der Waals surface area contributed by atoms with Crippen molar-refractivity contribution in [3.05, 3.63) is 0 Å².